The lowest BCUT2D eigenvalue weighted by atomic mass is 10.2. The van der Waals surface area contributed by atoms with E-state index in [-0.39, 0.29) is 19.2 Å². The van der Waals surface area contributed by atoms with Crippen LogP contribution in [0.1, 0.15) is 11.1 Å². The number of nitrogens with two attached hydrogens (primary N) is 1. The summed E-state index contributed by atoms with van der Waals surface area (Å²) in [6.45, 7) is 0.907. The van der Waals surface area contributed by atoms with E-state index in [9.17, 15) is 4.39 Å². The average molecular weight is 275 g/mol. The van der Waals surface area contributed by atoms with E-state index in [1.165, 1.54) is 18.2 Å². The summed E-state index contributed by atoms with van der Waals surface area (Å²) in [5.41, 5.74) is 7.89. The first-order valence-corrected chi connectivity index (χ1v) is 6.22. The second kappa shape index (κ2) is 5.38. The second-order valence-corrected chi connectivity index (χ2v) is 4.52. The van der Waals surface area contributed by atoms with Gasteiger partial charge in [-0.3, -0.25) is 0 Å². The van der Waals surface area contributed by atoms with Gasteiger partial charge < -0.3 is 19.9 Å². The molecule has 104 valence electrons. The quantitative estimate of drug-likeness (QED) is 0.872. The molecule has 5 heteroatoms. The number of ether oxygens (including phenoxy) is 3. The fourth-order valence-corrected chi connectivity index (χ4v) is 2.01. The number of hydrogen-bond donors (Lipinski definition) is 1. The molecule has 0 radical (unpaired) electrons. The highest BCUT2D eigenvalue weighted by Gasteiger charge is 2.13. The van der Waals surface area contributed by atoms with Gasteiger partial charge in [-0.1, -0.05) is 6.07 Å². The molecule has 0 amide bonds. The third kappa shape index (κ3) is 2.67. The molecule has 0 fully saturated rings. The zero-order valence-electron chi connectivity index (χ0n) is 10.8. The minimum atomic E-state index is -0.319. The first-order chi connectivity index (χ1) is 9.72. The van der Waals surface area contributed by atoms with Crippen LogP contribution in [-0.4, -0.2) is 6.79 Å². The summed E-state index contributed by atoms with van der Waals surface area (Å²) < 4.78 is 29.2. The molecule has 20 heavy (non-hydrogen) atoms. The second-order valence-electron chi connectivity index (χ2n) is 4.52. The lowest BCUT2D eigenvalue weighted by molar-refractivity contribution is 0.107. The van der Waals surface area contributed by atoms with Crippen molar-refractivity contribution in [3.63, 3.8) is 0 Å². The largest absolute Gasteiger partial charge is 0.454 e. The molecule has 2 N–H and O–H groups in total. The highest BCUT2D eigenvalue weighted by Crippen LogP contribution is 2.32. The molecular weight excluding hydrogens is 261 g/mol. The normalized spacial score (nSPS) is 12.7. The van der Waals surface area contributed by atoms with Gasteiger partial charge in [0, 0.05) is 11.3 Å². The topological polar surface area (TPSA) is 53.7 Å². The highest BCUT2D eigenvalue weighted by atomic mass is 19.1. The number of rotatable bonds is 4. The van der Waals surface area contributed by atoms with Crippen molar-refractivity contribution in [2.24, 2.45) is 0 Å². The molecular formula is C15H14FNO3. The van der Waals surface area contributed by atoms with Crippen molar-refractivity contribution < 1.29 is 18.6 Å². The zero-order chi connectivity index (χ0) is 13.9. The SMILES string of the molecule is Nc1ccc(F)cc1COCc1ccc2c(c1)OCO2. The molecule has 1 aliphatic rings. The van der Waals surface area contributed by atoms with E-state index in [4.69, 9.17) is 19.9 Å². The average Bonchev–Trinajstić information content (AvgIpc) is 2.90. The summed E-state index contributed by atoms with van der Waals surface area (Å²) in [5, 5.41) is 0. The Morgan fingerprint density at radius 2 is 1.90 bits per heavy atom. The monoisotopic (exact) mass is 275 g/mol. The minimum absolute atomic E-state index is 0.249. The summed E-state index contributed by atoms with van der Waals surface area (Å²) in [6.07, 6.45) is 0. The Labute approximate surface area is 115 Å². The standard InChI is InChI=1S/C15H14FNO3/c16-12-2-3-13(17)11(6-12)8-18-7-10-1-4-14-15(5-10)20-9-19-14/h1-6H,7-9,17H2. The van der Waals surface area contributed by atoms with Gasteiger partial charge in [-0.25, -0.2) is 4.39 Å². The highest BCUT2D eigenvalue weighted by molar-refractivity contribution is 5.46. The van der Waals surface area contributed by atoms with Gasteiger partial charge in [0.05, 0.1) is 13.2 Å². The van der Waals surface area contributed by atoms with Gasteiger partial charge in [0.15, 0.2) is 11.5 Å². The number of halogens is 1. The molecule has 0 atom stereocenters. The van der Waals surface area contributed by atoms with E-state index in [0.717, 1.165) is 17.1 Å². The third-order valence-electron chi connectivity index (χ3n) is 3.07. The van der Waals surface area contributed by atoms with E-state index < -0.39 is 0 Å². The van der Waals surface area contributed by atoms with Gasteiger partial charge in [-0.05, 0) is 35.9 Å². The molecule has 0 spiro atoms. The van der Waals surface area contributed by atoms with Crippen LogP contribution in [-0.2, 0) is 18.0 Å². The van der Waals surface area contributed by atoms with Crippen LogP contribution in [0.3, 0.4) is 0 Å². The zero-order valence-corrected chi connectivity index (χ0v) is 10.8. The molecule has 2 aromatic rings. The maximum absolute atomic E-state index is 13.1. The van der Waals surface area contributed by atoms with Crippen molar-refractivity contribution in [2.45, 2.75) is 13.2 Å². The molecule has 0 bridgehead atoms. The number of hydrogen-bond acceptors (Lipinski definition) is 4. The molecule has 1 aliphatic heterocycles. The summed E-state index contributed by atoms with van der Waals surface area (Å²) in [7, 11) is 0. The number of anilines is 1. The van der Waals surface area contributed by atoms with E-state index >= 15 is 0 Å². The first kappa shape index (κ1) is 12.7. The van der Waals surface area contributed by atoms with Gasteiger partial charge in [0.25, 0.3) is 0 Å². The fourth-order valence-electron chi connectivity index (χ4n) is 2.01. The van der Waals surface area contributed by atoms with Crippen molar-refractivity contribution in [1.29, 1.82) is 0 Å². The molecule has 0 aliphatic carbocycles. The molecule has 2 aromatic carbocycles. The number of fused-ring (bicyclic) bond motifs is 1. The van der Waals surface area contributed by atoms with Crippen LogP contribution >= 0.6 is 0 Å². The Morgan fingerprint density at radius 1 is 1.05 bits per heavy atom. The lowest BCUT2D eigenvalue weighted by Crippen LogP contribution is -1.99. The van der Waals surface area contributed by atoms with Crippen molar-refractivity contribution in [3.8, 4) is 11.5 Å². The Bertz CT molecular complexity index is 631. The molecule has 0 saturated carbocycles. The number of benzene rings is 2. The van der Waals surface area contributed by atoms with Gasteiger partial charge in [-0.2, -0.15) is 0 Å². The van der Waals surface area contributed by atoms with Crippen LogP contribution in [0.25, 0.3) is 0 Å². The van der Waals surface area contributed by atoms with Crippen LogP contribution in [0, 0.1) is 5.82 Å². The molecule has 3 rings (SSSR count). The van der Waals surface area contributed by atoms with Crippen LogP contribution < -0.4 is 15.2 Å². The van der Waals surface area contributed by atoms with Crippen LogP contribution in [0.5, 0.6) is 11.5 Å². The summed E-state index contributed by atoms with van der Waals surface area (Å²) in [5.74, 6) is 1.14. The van der Waals surface area contributed by atoms with E-state index in [1.54, 1.807) is 0 Å². The molecule has 0 unspecified atom stereocenters. The van der Waals surface area contributed by atoms with Crippen LogP contribution in [0.4, 0.5) is 10.1 Å². The van der Waals surface area contributed by atoms with Crippen molar-refractivity contribution in [1.82, 2.24) is 0 Å². The molecule has 1 heterocycles. The smallest absolute Gasteiger partial charge is 0.231 e. The van der Waals surface area contributed by atoms with Gasteiger partial charge in [0.2, 0.25) is 6.79 Å². The minimum Gasteiger partial charge on any atom is -0.454 e. The number of nitrogen functional groups attached to an aromatic ring is 1. The summed E-state index contributed by atoms with van der Waals surface area (Å²) in [4.78, 5) is 0. The third-order valence-corrected chi connectivity index (χ3v) is 3.07. The predicted octanol–water partition coefficient (Wildman–Crippen LogP) is 2.85. The van der Waals surface area contributed by atoms with Crippen molar-refractivity contribution >= 4 is 5.69 Å². The maximum Gasteiger partial charge on any atom is 0.231 e. The van der Waals surface area contributed by atoms with Gasteiger partial charge >= 0.3 is 0 Å². The van der Waals surface area contributed by atoms with Crippen molar-refractivity contribution in [2.75, 3.05) is 12.5 Å². The Kier molecular flexibility index (Phi) is 3.43. The predicted molar refractivity (Wildman–Crippen MR) is 71.9 cm³/mol. The Balaban J connectivity index is 1.61. The summed E-state index contributed by atoms with van der Waals surface area (Å²) in [6, 6.07) is 9.87. The molecule has 0 aromatic heterocycles. The summed E-state index contributed by atoms with van der Waals surface area (Å²) >= 11 is 0. The Morgan fingerprint density at radius 3 is 2.80 bits per heavy atom. The van der Waals surface area contributed by atoms with E-state index in [2.05, 4.69) is 0 Å². The van der Waals surface area contributed by atoms with Crippen LogP contribution in [0.15, 0.2) is 36.4 Å². The van der Waals surface area contributed by atoms with E-state index in [0.29, 0.717) is 17.9 Å². The molecule has 0 saturated heterocycles. The molecule has 4 nitrogen and oxygen atoms in total. The van der Waals surface area contributed by atoms with Gasteiger partial charge in [0.1, 0.15) is 5.82 Å². The first-order valence-electron chi connectivity index (χ1n) is 6.22. The maximum atomic E-state index is 13.1. The fraction of sp³-hybridized carbons (Fsp3) is 0.200. The van der Waals surface area contributed by atoms with Crippen molar-refractivity contribution in [3.05, 3.63) is 53.3 Å². The van der Waals surface area contributed by atoms with E-state index in [1.807, 2.05) is 18.2 Å². The lowest BCUT2D eigenvalue weighted by Gasteiger charge is -2.08. The van der Waals surface area contributed by atoms with Crippen LogP contribution in [0.2, 0.25) is 0 Å². The van der Waals surface area contributed by atoms with Gasteiger partial charge in [-0.15, -0.1) is 0 Å². The Hall–Kier alpha value is -2.27.